The van der Waals surface area contributed by atoms with E-state index in [-0.39, 0.29) is 11.9 Å². The maximum atomic E-state index is 10.6. The van der Waals surface area contributed by atoms with Crippen molar-refractivity contribution in [2.24, 2.45) is 5.73 Å². The van der Waals surface area contributed by atoms with Crippen LogP contribution < -0.4 is 5.73 Å². The number of hydrogen-bond donors (Lipinski definition) is 1. The highest BCUT2D eigenvalue weighted by Crippen LogP contribution is 2.31. The number of nitro groups is 1. The van der Waals surface area contributed by atoms with Gasteiger partial charge in [-0.15, -0.1) is 10.2 Å². The SMILES string of the molecule is NC(c1ccccc1)c1nnc(-c2ccc([N+](=O)[O-])o2)s1. The number of nitrogens with zero attached hydrogens (tertiary/aromatic N) is 3. The van der Waals surface area contributed by atoms with Gasteiger partial charge in [0.05, 0.1) is 12.1 Å². The van der Waals surface area contributed by atoms with Crippen LogP contribution in [0, 0.1) is 10.1 Å². The first kappa shape index (κ1) is 13.4. The summed E-state index contributed by atoms with van der Waals surface area (Å²) in [5.74, 6) is -0.0141. The first-order valence-corrected chi connectivity index (χ1v) is 6.85. The Labute approximate surface area is 123 Å². The highest BCUT2D eigenvalue weighted by molar-refractivity contribution is 7.14. The van der Waals surface area contributed by atoms with Gasteiger partial charge in [-0.05, 0) is 11.6 Å². The lowest BCUT2D eigenvalue weighted by Crippen LogP contribution is -2.11. The van der Waals surface area contributed by atoms with E-state index < -0.39 is 4.92 Å². The van der Waals surface area contributed by atoms with Crippen molar-refractivity contribution in [3.8, 4) is 10.8 Å². The van der Waals surface area contributed by atoms with E-state index in [0.29, 0.717) is 15.8 Å². The highest BCUT2D eigenvalue weighted by atomic mass is 32.1. The van der Waals surface area contributed by atoms with E-state index in [1.807, 2.05) is 30.3 Å². The van der Waals surface area contributed by atoms with Crippen molar-refractivity contribution in [3.63, 3.8) is 0 Å². The van der Waals surface area contributed by atoms with Crippen LogP contribution in [0.3, 0.4) is 0 Å². The first-order valence-electron chi connectivity index (χ1n) is 6.03. The van der Waals surface area contributed by atoms with Crippen molar-refractivity contribution >= 4 is 17.2 Å². The lowest BCUT2D eigenvalue weighted by Gasteiger charge is -2.06. The van der Waals surface area contributed by atoms with E-state index in [0.717, 1.165) is 5.56 Å². The monoisotopic (exact) mass is 302 g/mol. The summed E-state index contributed by atoms with van der Waals surface area (Å²) >= 11 is 1.25. The molecular weight excluding hydrogens is 292 g/mol. The normalized spacial score (nSPS) is 12.2. The topological polar surface area (TPSA) is 108 Å². The van der Waals surface area contributed by atoms with E-state index in [9.17, 15) is 10.1 Å². The van der Waals surface area contributed by atoms with E-state index in [1.54, 1.807) is 0 Å². The molecule has 0 fully saturated rings. The molecule has 2 heterocycles. The highest BCUT2D eigenvalue weighted by Gasteiger charge is 2.19. The number of aromatic nitrogens is 2. The van der Waals surface area contributed by atoms with Crippen LogP contribution in [-0.2, 0) is 0 Å². The Morgan fingerprint density at radius 1 is 1.19 bits per heavy atom. The molecule has 21 heavy (non-hydrogen) atoms. The van der Waals surface area contributed by atoms with Crippen LogP contribution in [-0.4, -0.2) is 15.1 Å². The van der Waals surface area contributed by atoms with E-state index in [2.05, 4.69) is 10.2 Å². The van der Waals surface area contributed by atoms with Crippen molar-refractivity contribution in [1.29, 1.82) is 0 Å². The molecule has 0 amide bonds. The standard InChI is InChI=1S/C13H10N4O3S/c14-11(8-4-2-1-3-5-8)13-16-15-12(21-13)9-6-7-10(20-9)17(18)19/h1-7,11H,14H2. The Hall–Kier alpha value is -2.58. The Bertz CT molecular complexity index is 769. The molecule has 3 rings (SSSR count). The summed E-state index contributed by atoms with van der Waals surface area (Å²) in [6.07, 6.45) is 0. The largest absolute Gasteiger partial charge is 0.433 e. The zero-order chi connectivity index (χ0) is 14.8. The molecule has 7 nitrogen and oxygen atoms in total. The molecule has 2 aromatic heterocycles. The van der Waals surface area contributed by atoms with Crippen molar-refractivity contribution in [3.05, 3.63) is 63.1 Å². The van der Waals surface area contributed by atoms with Gasteiger partial charge in [0.1, 0.15) is 9.93 Å². The van der Waals surface area contributed by atoms with Crippen LogP contribution in [0.4, 0.5) is 5.88 Å². The Kier molecular flexibility index (Phi) is 3.46. The molecule has 0 bridgehead atoms. The van der Waals surface area contributed by atoms with Gasteiger partial charge >= 0.3 is 5.88 Å². The minimum atomic E-state index is -0.596. The molecule has 0 aliphatic carbocycles. The van der Waals surface area contributed by atoms with Gasteiger partial charge in [-0.3, -0.25) is 10.1 Å². The first-order chi connectivity index (χ1) is 10.1. The molecule has 1 atom stereocenters. The molecule has 1 aromatic carbocycles. The maximum Gasteiger partial charge on any atom is 0.433 e. The van der Waals surface area contributed by atoms with Crippen molar-refractivity contribution < 1.29 is 9.34 Å². The average Bonchev–Trinajstić information content (AvgIpc) is 3.16. The second kappa shape index (κ2) is 5.43. The molecule has 0 aliphatic heterocycles. The molecule has 0 spiro atoms. The van der Waals surface area contributed by atoms with Crippen LogP contribution in [0.1, 0.15) is 16.6 Å². The van der Waals surface area contributed by atoms with Crippen molar-refractivity contribution in [2.75, 3.05) is 0 Å². The molecule has 1 unspecified atom stereocenters. The van der Waals surface area contributed by atoms with Gasteiger partial charge in [0.25, 0.3) is 0 Å². The fourth-order valence-corrected chi connectivity index (χ4v) is 2.64. The van der Waals surface area contributed by atoms with Crippen LogP contribution in [0.5, 0.6) is 0 Å². The maximum absolute atomic E-state index is 10.6. The minimum Gasteiger partial charge on any atom is -0.398 e. The summed E-state index contributed by atoms with van der Waals surface area (Å²) in [5.41, 5.74) is 7.05. The number of benzene rings is 1. The van der Waals surface area contributed by atoms with Gasteiger partial charge in [-0.1, -0.05) is 41.7 Å². The van der Waals surface area contributed by atoms with Gasteiger partial charge in [0.15, 0.2) is 10.8 Å². The molecule has 0 saturated heterocycles. The van der Waals surface area contributed by atoms with Crippen LogP contribution in [0.25, 0.3) is 10.8 Å². The predicted molar refractivity (Wildman–Crippen MR) is 76.7 cm³/mol. The quantitative estimate of drug-likeness (QED) is 0.586. The van der Waals surface area contributed by atoms with Crippen molar-refractivity contribution in [2.45, 2.75) is 6.04 Å². The minimum absolute atomic E-state index is 0.311. The average molecular weight is 302 g/mol. The van der Waals surface area contributed by atoms with Gasteiger partial charge in [-0.25, -0.2) is 0 Å². The summed E-state index contributed by atoms with van der Waals surface area (Å²) < 4.78 is 5.10. The smallest absolute Gasteiger partial charge is 0.398 e. The van der Waals surface area contributed by atoms with Gasteiger partial charge < -0.3 is 10.2 Å². The van der Waals surface area contributed by atoms with Crippen LogP contribution >= 0.6 is 11.3 Å². The second-order valence-electron chi connectivity index (χ2n) is 4.23. The third-order valence-electron chi connectivity index (χ3n) is 2.85. The zero-order valence-electron chi connectivity index (χ0n) is 10.7. The molecule has 0 radical (unpaired) electrons. The van der Waals surface area contributed by atoms with Gasteiger partial charge in [-0.2, -0.15) is 0 Å². The number of hydrogen-bond acceptors (Lipinski definition) is 7. The van der Waals surface area contributed by atoms with Crippen molar-refractivity contribution in [1.82, 2.24) is 10.2 Å². The molecule has 0 aliphatic rings. The summed E-state index contributed by atoms with van der Waals surface area (Å²) in [4.78, 5) is 10.0. The van der Waals surface area contributed by atoms with E-state index >= 15 is 0 Å². The van der Waals surface area contributed by atoms with Gasteiger partial charge in [0, 0.05) is 0 Å². The summed E-state index contributed by atoms with van der Waals surface area (Å²) in [6, 6.07) is 11.9. The molecule has 2 N–H and O–H groups in total. The fraction of sp³-hybridized carbons (Fsp3) is 0.0769. The third kappa shape index (κ3) is 2.67. The molecular formula is C13H10N4O3S. The number of nitrogens with two attached hydrogens (primary N) is 1. The van der Waals surface area contributed by atoms with E-state index in [4.69, 9.17) is 10.2 Å². The van der Waals surface area contributed by atoms with Crippen LogP contribution in [0.15, 0.2) is 46.9 Å². The fourth-order valence-electron chi connectivity index (χ4n) is 1.80. The summed E-state index contributed by atoms with van der Waals surface area (Å²) in [7, 11) is 0. The molecule has 0 saturated carbocycles. The second-order valence-corrected chi connectivity index (χ2v) is 5.24. The van der Waals surface area contributed by atoms with Gasteiger partial charge in [0.2, 0.25) is 0 Å². The predicted octanol–water partition coefficient (Wildman–Crippen LogP) is 2.75. The Balaban J connectivity index is 1.87. The molecule has 106 valence electrons. The Morgan fingerprint density at radius 3 is 2.62 bits per heavy atom. The number of furan rings is 1. The zero-order valence-corrected chi connectivity index (χ0v) is 11.5. The summed E-state index contributed by atoms with van der Waals surface area (Å²) in [6.45, 7) is 0. The molecule has 3 aromatic rings. The third-order valence-corrected chi connectivity index (χ3v) is 3.87. The van der Waals surface area contributed by atoms with E-state index in [1.165, 1.54) is 23.5 Å². The Morgan fingerprint density at radius 2 is 1.95 bits per heavy atom. The lowest BCUT2D eigenvalue weighted by molar-refractivity contribution is -0.401. The molecule has 8 heteroatoms. The number of rotatable bonds is 4. The lowest BCUT2D eigenvalue weighted by atomic mass is 10.1. The summed E-state index contributed by atoms with van der Waals surface area (Å²) in [5, 5.41) is 19.7. The van der Waals surface area contributed by atoms with Crippen LogP contribution in [0.2, 0.25) is 0 Å².